The highest BCUT2D eigenvalue weighted by atomic mass is 32.1. The summed E-state index contributed by atoms with van der Waals surface area (Å²) < 4.78 is 0. The van der Waals surface area contributed by atoms with E-state index < -0.39 is 5.41 Å². The molecule has 2 aliphatic carbocycles. The van der Waals surface area contributed by atoms with Crippen LogP contribution in [0.25, 0.3) is 0 Å². The van der Waals surface area contributed by atoms with E-state index >= 15 is 0 Å². The van der Waals surface area contributed by atoms with Crippen LogP contribution >= 0.6 is 11.3 Å². The zero-order chi connectivity index (χ0) is 21.3. The molecule has 0 bridgehead atoms. The molecule has 8 nitrogen and oxygen atoms in total. The van der Waals surface area contributed by atoms with Crippen LogP contribution < -0.4 is 16.9 Å². The third kappa shape index (κ3) is 3.60. The van der Waals surface area contributed by atoms with Crippen molar-refractivity contribution in [3.63, 3.8) is 0 Å². The van der Waals surface area contributed by atoms with Gasteiger partial charge in [-0.15, -0.1) is 16.5 Å². The Morgan fingerprint density at radius 2 is 2.03 bits per heavy atom. The molecule has 1 fully saturated rings. The molecule has 1 aromatic heterocycles. The first-order valence-electron chi connectivity index (χ1n) is 9.97. The summed E-state index contributed by atoms with van der Waals surface area (Å²) in [6.45, 7) is 0. The summed E-state index contributed by atoms with van der Waals surface area (Å²) in [5.74, 6) is 4.86. The van der Waals surface area contributed by atoms with Crippen LogP contribution in [0.15, 0.2) is 40.7 Å². The number of fused-ring (bicyclic) bond motifs is 1. The van der Waals surface area contributed by atoms with Gasteiger partial charge >= 0.3 is 0 Å². The average Bonchev–Trinajstić information content (AvgIpc) is 3.48. The number of Topliss-reactive ketones (excluding diaryl/α,β-unsaturated/α-hetero) is 1. The number of benzene rings is 1. The minimum Gasteiger partial charge on any atom is -0.390 e. The van der Waals surface area contributed by atoms with Gasteiger partial charge in [0.25, 0.3) is 5.91 Å². The van der Waals surface area contributed by atoms with E-state index in [2.05, 4.69) is 15.7 Å². The first kappa shape index (κ1) is 20.2. The maximum atomic E-state index is 13.8. The van der Waals surface area contributed by atoms with Gasteiger partial charge in [0.2, 0.25) is 0 Å². The van der Waals surface area contributed by atoms with E-state index in [1.54, 1.807) is 0 Å². The quantitative estimate of drug-likeness (QED) is 0.185. The number of carbonyl (C=O) groups is 2. The van der Waals surface area contributed by atoms with Gasteiger partial charge in [0.1, 0.15) is 5.84 Å². The maximum absolute atomic E-state index is 13.8. The fourth-order valence-electron chi connectivity index (χ4n) is 4.18. The fraction of sp³-hybridized carbons (Fsp3) is 0.381. The van der Waals surface area contributed by atoms with E-state index in [4.69, 9.17) is 17.0 Å². The van der Waals surface area contributed by atoms with Gasteiger partial charge in [0.15, 0.2) is 5.78 Å². The molecule has 0 saturated heterocycles. The van der Waals surface area contributed by atoms with E-state index in [1.807, 2.05) is 30.3 Å². The van der Waals surface area contributed by atoms with Crippen LogP contribution in [0, 0.1) is 5.41 Å². The van der Waals surface area contributed by atoms with Gasteiger partial charge in [-0.2, -0.15) is 0 Å². The highest BCUT2D eigenvalue weighted by molar-refractivity contribution is 7.18. The molecule has 1 amide bonds. The van der Waals surface area contributed by atoms with E-state index in [-0.39, 0.29) is 30.0 Å². The second kappa shape index (κ2) is 7.98. The second-order valence-corrected chi connectivity index (χ2v) is 8.89. The Morgan fingerprint density at radius 1 is 1.30 bits per heavy atom. The summed E-state index contributed by atoms with van der Waals surface area (Å²) in [5.41, 5.74) is 7.51. The Morgan fingerprint density at radius 3 is 2.70 bits per heavy atom. The number of thiophene rings is 1. The number of amidine groups is 1. The number of nitrogen functional groups attached to an aromatic ring is 1. The zero-order valence-corrected chi connectivity index (χ0v) is 17.3. The molecule has 4 rings (SSSR count). The highest BCUT2D eigenvalue weighted by Gasteiger charge is 2.46. The first-order valence-corrected chi connectivity index (χ1v) is 10.8. The summed E-state index contributed by atoms with van der Waals surface area (Å²) >= 11 is 1.19. The third-order valence-corrected chi connectivity index (χ3v) is 6.97. The lowest BCUT2D eigenvalue weighted by molar-refractivity contribution is 0.0856. The summed E-state index contributed by atoms with van der Waals surface area (Å²) in [4.78, 5) is 27.1. The number of nitrogens with two attached hydrogens (primary N) is 2. The summed E-state index contributed by atoms with van der Waals surface area (Å²) in [7, 11) is 0. The molecule has 6 N–H and O–H groups in total. The molecule has 1 aromatic carbocycles. The van der Waals surface area contributed by atoms with E-state index in [0.29, 0.717) is 34.7 Å². The van der Waals surface area contributed by atoms with E-state index in [0.717, 1.165) is 24.0 Å². The van der Waals surface area contributed by atoms with Crippen LogP contribution in [0.3, 0.4) is 0 Å². The maximum Gasteiger partial charge on any atom is 0.254 e. The van der Waals surface area contributed by atoms with Crippen molar-refractivity contribution in [2.24, 2.45) is 16.2 Å². The van der Waals surface area contributed by atoms with Crippen molar-refractivity contribution in [1.29, 1.82) is 5.41 Å². The molecule has 156 valence electrons. The lowest BCUT2D eigenvalue weighted by Gasteiger charge is -2.36. The van der Waals surface area contributed by atoms with Gasteiger partial charge in [-0.05, 0) is 43.2 Å². The van der Waals surface area contributed by atoms with Crippen molar-refractivity contribution in [2.75, 3.05) is 5.73 Å². The van der Waals surface area contributed by atoms with Crippen molar-refractivity contribution < 1.29 is 9.59 Å². The number of hydrogen-bond donors (Lipinski definition) is 4. The predicted octanol–water partition coefficient (Wildman–Crippen LogP) is 3.37. The first-order chi connectivity index (χ1) is 14.5. The van der Waals surface area contributed by atoms with Crippen molar-refractivity contribution in [3.05, 3.63) is 51.9 Å². The van der Waals surface area contributed by atoms with Crippen LogP contribution in [0.1, 0.15) is 63.3 Å². The van der Waals surface area contributed by atoms with Crippen LogP contribution in [0.4, 0.5) is 5.00 Å². The molecule has 30 heavy (non-hydrogen) atoms. The molecule has 1 saturated carbocycles. The van der Waals surface area contributed by atoms with Crippen LogP contribution in [0.2, 0.25) is 0 Å². The average molecular weight is 425 g/mol. The molecule has 0 spiro atoms. The Balaban J connectivity index is 1.71. The van der Waals surface area contributed by atoms with Crippen molar-refractivity contribution in [2.45, 2.75) is 50.0 Å². The van der Waals surface area contributed by atoms with Crippen molar-refractivity contribution >= 4 is 33.9 Å². The zero-order valence-electron chi connectivity index (χ0n) is 16.5. The summed E-state index contributed by atoms with van der Waals surface area (Å²) in [5, 5.41) is 18.0. The second-order valence-electron chi connectivity index (χ2n) is 7.84. The Bertz CT molecular complexity index is 1030. The van der Waals surface area contributed by atoms with Crippen molar-refractivity contribution in [1.82, 2.24) is 5.32 Å². The fourth-order valence-corrected chi connectivity index (χ4v) is 5.33. The number of anilines is 1. The van der Waals surface area contributed by atoms with E-state index in [1.165, 1.54) is 11.3 Å². The predicted molar refractivity (Wildman–Crippen MR) is 116 cm³/mol. The minimum atomic E-state index is -0.799. The third-order valence-electron chi connectivity index (χ3n) is 5.91. The van der Waals surface area contributed by atoms with Crippen LogP contribution in [0.5, 0.6) is 0 Å². The molecule has 1 unspecified atom stereocenters. The van der Waals surface area contributed by atoms with Gasteiger partial charge in [-0.1, -0.05) is 35.6 Å². The van der Waals surface area contributed by atoms with E-state index in [9.17, 15) is 9.59 Å². The van der Waals surface area contributed by atoms with Crippen molar-refractivity contribution in [3.8, 4) is 0 Å². The number of hydrogen-bond acceptors (Lipinski definition) is 6. The van der Waals surface area contributed by atoms with Gasteiger partial charge in [0.05, 0.1) is 20.9 Å². The lowest BCUT2D eigenvalue weighted by Crippen LogP contribution is -2.40. The minimum absolute atomic E-state index is 0.0293. The molecule has 9 heteroatoms. The molecule has 2 aliphatic rings. The monoisotopic (exact) mass is 424 g/mol. The molecular formula is C21H24N6O2S. The standard InChI is InChI=1S/C21H24N6O2S/c22-15(26-27-24)9-11-21(12-4-2-1-3-5-12)10-8-14-16(20(29)25-13-6-7-13)19(23)30-17(14)18(21)28/h1-5,13H,6-11,23H2,(H,25,29)(H3,22,24,26). The highest BCUT2D eigenvalue weighted by Crippen LogP contribution is 2.47. The Hall–Kier alpha value is -3.07. The summed E-state index contributed by atoms with van der Waals surface area (Å²) in [6.07, 6.45) is 3.76. The Labute approximate surface area is 178 Å². The van der Waals surface area contributed by atoms with Gasteiger partial charge < -0.3 is 16.9 Å². The Kier molecular flexibility index (Phi) is 5.38. The van der Waals surface area contributed by atoms with Gasteiger partial charge in [0, 0.05) is 12.5 Å². The number of carbonyl (C=O) groups excluding carboxylic acids is 2. The summed E-state index contributed by atoms with van der Waals surface area (Å²) in [6, 6.07) is 9.82. The normalized spacial score (nSPS) is 20.9. The van der Waals surface area contributed by atoms with Crippen LogP contribution in [-0.4, -0.2) is 23.6 Å². The smallest absolute Gasteiger partial charge is 0.254 e. The number of nitrogens with one attached hydrogen (secondary N) is 2. The molecule has 1 atom stereocenters. The molecule has 0 aliphatic heterocycles. The van der Waals surface area contributed by atoms with Gasteiger partial charge in [-0.3, -0.25) is 15.0 Å². The number of ketones is 1. The molecule has 0 radical (unpaired) electrons. The number of rotatable bonds is 6. The van der Waals surface area contributed by atoms with Crippen LogP contribution in [-0.2, 0) is 11.8 Å². The number of nitrogens with zero attached hydrogens (tertiary/aromatic N) is 2. The largest absolute Gasteiger partial charge is 0.390 e. The van der Waals surface area contributed by atoms with Gasteiger partial charge in [-0.25, -0.2) is 0 Å². The number of amides is 1. The molecule has 2 aromatic rings. The topological polar surface area (TPSA) is 147 Å². The SMILES string of the molecule is N=C(CCC1(c2ccccc2)CCc2c(sc(N)c2C(=O)NC2CC2)C1=O)N=NN. The molecule has 1 heterocycles. The lowest BCUT2D eigenvalue weighted by atomic mass is 9.65. The molecular weight excluding hydrogens is 400 g/mol.